The fourth-order valence-electron chi connectivity index (χ4n) is 2.73. The molecule has 0 unspecified atom stereocenters. The molecule has 0 saturated heterocycles. The molecule has 1 aliphatic rings. The fraction of sp³-hybridized carbons (Fsp3) is 0.222. The predicted octanol–water partition coefficient (Wildman–Crippen LogP) is 3.47. The lowest BCUT2D eigenvalue weighted by Gasteiger charge is -2.17. The van der Waals surface area contributed by atoms with Crippen LogP contribution in [-0.2, 0) is 16.4 Å². The van der Waals surface area contributed by atoms with Crippen molar-refractivity contribution in [1.82, 2.24) is 0 Å². The zero-order valence-electron chi connectivity index (χ0n) is 13.1. The molecule has 0 aliphatic heterocycles. The van der Waals surface area contributed by atoms with Crippen LogP contribution in [-0.4, -0.2) is 11.8 Å². The standard InChI is InChI=1S/C18H15F3N2O2/c19-18(20,21)13-3-1-2-12(10-13)17(8-9-17)16(25)23-14-6-4-11(5-7-14)15(22)24/h1-7,10H,8-9H2,(H2,22,24)(H,23,25). The van der Waals surface area contributed by atoms with Gasteiger partial charge in [-0.05, 0) is 48.7 Å². The van der Waals surface area contributed by atoms with E-state index in [1.54, 1.807) is 0 Å². The molecule has 130 valence electrons. The molecule has 7 heteroatoms. The molecular weight excluding hydrogens is 333 g/mol. The van der Waals surface area contributed by atoms with Crippen LogP contribution >= 0.6 is 0 Å². The molecular formula is C18H15F3N2O2. The van der Waals surface area contributed by atoms with E-state index in [1.807, 2.05) is 0 Å². The van der Waals surface area contributed by atoms with E-state index in [0.29, 0.717) is 29.7 Å². The monoisotopic (exact) mass is 348 g/mol. The Hall–Kier alpha value is -2.83. The van der Waals surface area contributed by atoms with Crippen LogP contribution in [0, 0.1) is 0 Å². The second kappa shape index (κ2) is 5.91. The third-order valence-electron chi connectivity index (χ3n) is 4.35. The van der Waals surface area contributed by atoms with E-state index < -0.39 is 23.1 Å². The van der Waals surface area contributed by atoms with Crippen molar-refractivity contribution in [1.29, 1.82) is 0 Å². The number of alkyl halides is 3. The number of halogens is 3. The van der Waals surface area contributed by atoms with Gasteiger partial charge in [0.05, 0.1) is 11.0 Å². The van der Waals surface area contributed by atoms with Crippen LogP contribution in [0.2, 0.25) is 0 Å². The maximum atomic E-state index is 12.9. The molecule has 1 saturated carbocycles. The van der Waals surface area contributed by atoms with E-state index in [9.17, 15) is 22.8 Å². The van der Waals surface area contributed by atoms with Gasteiger partial charge >= 0.3 is 6.18 Å². The minimum absolute atomic E-state index is 0.303. The van der Waals surface area contributed by atoms with Gasteiger partial charge in [0.15, 0.2) is 0 Å². The molecule has 0 heterocycles. The van der Waals surface area contributed by atoms with Gasteiger partial charge in [0, 0.05) is 11.3 Å². The van der Waals surface area contributed by atoms with Gasteiger partial charge in [-0.25, -0.2) is 0 Å². The van der Waals surface area contributed by atoms with E-state index in [1.165, 1.54) is 36.4 Å². The maximum Gasteiger partial charge on any atom is 0.416 e. The van der Waals surface area contributed by atoms with Crippen LogP contribution in [0.25, 0.3) is 0 Å². The van der Waals surface area contributed by atoms with Crippen LogP contribution in [0.3, 0.4) is 0 Å². The van der Waals surface area contributed by atoms with Crippen molar-refractivity contribution in [3.05, 3.63) is 65.2 Å². The molecule has 25 heavy (non-hydrogen) atoms. The Labute approximate surface area is 141 Å². The Bertz CT molecular complexity index is 825. The highest BCUT2D eigenvalue weighted by Gasteiger charge is 2.51. The Kier molecular flexibility index (Phi) is 4.02. The van der Waals surface area contributed by atoms with Gasteiger partial charge in [-0.2, -0.15) is 13.2 Å². The number of carbonyl (C=O) groups excluding carboxylic acids is 2. The van der Waals surface area contributed by atoms with Crippen molar-refractivity contribution in [3.63, 3.8) is 0 Å². The summed E-state index contributed by atoms with van der Waals surface area (Å²) in [4.78, 5) is 23.6. The largest absolute Gasteiger partial charge is 0.416 e. The molecule has 1 fully saturated rings. The quantitative estimate of drug-likeness (QED) is 0.888. The number of amides is 2. The fourth-order valence-corrected chi connectivity index (χ4v) is 2.73. The molecule has 3 N–H and O–H groups in total. The Morgan fingerprint density at radius 1 is 1.04 bits per heavy atom. The minimum Gasteiger partial charge on any atom is -0.366 e. The molecule has 2 amide bonds. The van der Waals surface area contributed by atoms with Gasteiger partial charge < -0.3 is 11.1 Å². The first-order valence-corrected chi connectivity index (χ1v) is 7.61. The summed E-state index contributed by atoms with van der Waals surface area (Å²) in [6, 6.07) is 10.9. The van der Waals surface area contributed by atoms with Crippen molar-refractivity contribution in [2.45, 2.75) is 24.4 Å². The van der Waals surface area contributed by atoms with Gasteiger partial charge in [-0.3, -0.25) is 9.59 Å². The van der Waals surface area contributed by atoms with Gasteiger partial charge in [0.2, 0.25) is 11.8 Å². The number of nitrogens with one attached hydrogen (secondary N) is 1. The molecule has 1 aliphatic carbocycles. The number of nitrogens with two attached hydrogens (primary N) is 1. The highest BCUT2D eigenvalue weighted by molar-refractivity contribution is 6.02. The maximum absolute atomic E-state index is 12.9. The van der Waals surface area contributed by atoms with E-state index in [4.69, 9.17) is 5.73 Å². The first kappa shape index (κ1) is 17.0. The number of hydrogen-bond donors (Lipinski definition) is 2. The lowest BCUT2D eigenvalue weighted by molar-refractivity contribution is -0.137. The van der Waals surface area contributed by atoms with Crippen LogP contribution < -0.4 is 11.1 Å². The summed E-state index contributed by atoms with van der Waals surface area (Å²) in [6.07, 6.45) is -3.48. The molecule has 4 nitrogen and oxygen atoms in total. The predicted molar refractivity (Wildman–Crippen MR) is 85.9 cm³/mol. The lowest BCUT2D eigenvalue weighted by atomic mass is 9.93. The minimum atomic E-state index is -4.45. The second-order valence-corrected chi connectivity index (χ2v) is 6.06. The normalized spacial score (nSPS) is 15.5. The van der Waals surface area contributed by atoms with E-state index in [-0.39, 0.29) is 5.91 Å². The molecule has 0 radical (unpaired) electrons. The Morgan fingerprint density at radius 3 is 2.20 bits per heavy atom. The molecule has 0 spiro atoms. The summed E-state index contributed by atoms with van der Waals surface area (Å²) in [5, 5.41) is 2.70. The van der Waals surface area contributed by atoms with Crippen LogP contribution in [0.5, 0.6) is 0 Å². The number of rotatable bonds is 4. The van der Waals surface area contributed by atoms with Gasteiger partial charge in [0.1, 0.15) is 0 Å². The summed E-state index contributed by atoms with van der Waals surface area (Å²) >= 11 is 0. The SMILES string of the molecule is NC(=O)c1ccc(NC(=O)C2(c3cccc(C(F)(F)F)c3)CC2)cc1. The van der Waals surface area contributed by atoms with Gasteiger partial charge in [-0.15, -0.1) is 0 Å². The van der Waals surface area contributed by atoms with E-state index in [2.05, 4.69) is 5.32 Å². The smallest absolute Gasteiger partial charge is 0.366 e. The summed E-state index contributed by atoms with van der Waals surface area (Å²) in [5.41, 5.74) is 4.55. The molecule has 3 rings (SSSR count). The first-order valence-electron chi connectivity index (χ1n) is 7.61. The van der Waals surface area contributed by atoms with Crippen molar-refractivity contribution in [3.8, 4) is 0 Å². The highest BCUT2D eigenvalue weighted by atomic mass is 19.4. The topological polar surface area (TPSA) is 72.2 Å². The van der Waals surface area contributed by atoms with Crippen LogP contribution in [0.15, 0.2) is 48.5 Å². The van der Waals surface area contributed by atoms with Crippen molar-refractivity contribution >= 4 is 17.5 Å². The van der Waals surface area contributed by atoms with Gasteiger partial charge in [-0.1, -0.05) is 18.2 Å². The van der Waals surface area contributed by atoms with Crippen molar-refractivity contribution in [2.75, 3.05) is 5.32 Å². The summed E-state index contributed by atoms with van der Waals surface area (Å²) in [7, 11) is 0. The molecule has 0 atom stereocenters. The average molecular weight is 348 g/mol. The summed E-state index contributed by atoms with van der Waals surface area (Å²) < 4.78 is 38.7. The van der Waals surface area contributed by atoms with E-state index in [0.717, 1.165) is 12.1 Å². The third-order valence-corrected chi connectivity index (χ3v) is 4.35. The average Bonchev–Trinajstić information content (AvgIpc) is 3.36. The lowest BCUT2D eigenvalue weighted by Crippen LogP contribution is -2.28. The van der Waals surface area contributed by atoms with E-state index >= 15 is 0 Å². The number of primary amides is 1. The summed E-state index contributed by atoms with van der Waals surface area (Å²) in [5.74, 6) is -0.945. The van der Waals surface area contributed by atoms with Crippen LogP contribution in [0.1, 0.15) is 34.3 Å². The third kappa shape index (κ3) is 3.35. The molecule has 0 aromatic heterocycles. The second-order valence-electron chi connectivity index (χ2n) is 6.06. The zero-order chi connectivity index (χ0) is 18.2. The summed E-state index contributed by atoms with van der Waals surface area (Å²) in [6.45, 7) is 0. The number of benzene rings is 2. The molecule has 2 aromatic rings. The highest BCUT2D eigenvalue weighted by Crippen LogP contribution is 2.49. The van der Waals surface area contributed by atoms with Crippen molar-refractivity contribution in [2.24, 2.45) is 5.73 Å². The van der Waals surface area contributed by atoms with Gasteiger partial charge in [0.25, 0.3) is 0 Å². The molecule has 2 aromatic carbocycles. The molecule has 0 bridgehead atoms. The Morgan fingerprint density at radius 2 is 1.68 bits per heavy atom. The van der Waals surface area contributed by atoms with Crippen LogP contribution in [0.4, 0.5) is 18.9 Å². The van der Waals surface area contributed by atoms with Crippen molar-refractivity contribution < 1.29 is 22.8 Å². The number of carbonyl (C=O) groups is 2. The Balaban J connectivity index is 1.81. The first-order chi connectivity index (χ1) is 11.7. The number of hydrogen-bond acceptors (Lipinski definition) is 2. The zero-order valence-corrected chi connectivity index (χ0v) is 13.1. The number of anilines is 1.